The van der Waals surface area contributed by atoms with Crippen molar-refractivity contribution in [2.24, 2.45) is 11.8 Å². The summed E-state index contributed by atoms with van der Waals surface area (Å²) in [5.41, 5.74) is -0.309. The fourth-order valence-electron chi connectivity index (χ4n) is 1.17. The Morgan fingerprint density at radius 1 is 1.29 bits per heavy atom. The van der Waals surface area contributed by atoms with E-state index < -0.39 is 11.6 Å². The first kappa shape index (κ1) is 16.2. The van der Waals surface area contributed by atoms with Crippen molar-refractivity contribution in [3.63, 3.8) is 0 Å². The third-order valence-corrected chi connectivity index (χ3v) is 2.46. The number of ether oxygens (including phenoxy) is 1. The number of carbonyl (C=O) groups is 1. The van der Waals surface area contributed by atoms with Gasteiger partial charge in [0.15, 0.2) is 5.60 Å². The Balaban J connectivity index is 4.39. The molecule has 0 amide bonds. The summed E-state index contributed by atoms with van der Waals surface area (Å²) in [5.74, 6) is 0.366. The minimum atomic E-state index is -1.42. The van der Waals surface area contributed by atoms with E-state index in [1.54, 1.807) is 0 Å². The summed E-state index contributed by atoms with van der Waals surface area (Å²) in [7, 11) is 0. The van der Waals surface area contributed by atoms with Gasteiger partial charge >= 0.3 is 5.97 Å². The molecule has 0 aromatic heterocycles. The molecule has 17 heavy (non-hydrogen) atoms. The highest BCUT2D eigenvalue weighted by atomic mass is 16.5. The van der Waals surface area contributed by atoms with Crippen LogP contribution in [0.25, 0.3) is 0 Å². The highest BCUT2D eigenvalue weighted by Crippen LogP contribution is 2.15. The second-order valence-corrected chi connectivity index (χ2v) is 5.70. The van der Waals surface area contributed by atoms with Crippen LogP contribution in [0.2, 0.25) is 0 Å². The van der Waals surface area contributed by atoms with Gasteiger partial charge in [-0.1, -0.05) is 33.8 Å². The number of esters is 1. The van der Waals surface area contributed by atoms with Gasteiger partial charge in [-0.05, 0) is 37.7 Å². The molecule has 0 rings (SSSR count). The first-order valence-corrected chi connectivity index (χ1v) is 6.23. The molecule has 0 aliphatic rings. The fraction of sp³-hybridized carbons (Fsp3) is 0.786. The van der Waals surface area contributed by atoms with Crippen molar-refractivity contribution in [3.8, 4) is 0 Å². The summed E-state index contributed by atoms with van der Waals surface area (Å²) < 4.78 is 5.10. The van der Waals surface area contributed by atoms with E-state index in [2.05, 4.69) is 33.8 Å². The molecule has 0 aliphatic carbocycles. The van der Waals surface area contributed by atoms with E-state index in [4.69, 9.17) is 4.74 Å². The molecule has 3 nitrogen and oxygen atoms in total. The molecule has 0 atom stereocenters. The summed E-state index contributed by atoms with van der Waals surface area (Å²) in [6.07, 6.45) is 3.11. The van der Waals surface area contributed by atoms with Crippen molar-refractivity contribution < 1.29 is 14.6 Å². The van der Waals surface area contributed by atoms with E-state index in [0.717, 1.165) is 12.0 Å². The zero-order chi connectivity index (χ0) is 13.6. The maximum absolute atomic E-state index is 11.4. The molecular formula is C14H26O3. The van der Waals surface area contributed by atoms with Crippen molar-refractivity contribution in [2.45, 2.75) is 53.6 Å². The Hall–Kier alpha value is -0.830. The Morgan fingerprint density at radius 2 is 1.82 bits per heavy atom. The highest BCUT2D eigenvalue weighted by Gasteiger charge is 2.25. The first-order valence-electron chi connectivity index (χ1n) is 6.23. The number of allylic oxidation sites excluding steroid dienone is 1. The van der Waals surface area contributed by atoms with Gasteiger partial charge in [0.05, 0.1) is 0 Å². The summed E-state index contributed by atoms with van der Waals surface area (Å²) in [6.45, 7) is 11.6. The SMILES string of the molecule is CC(C)CC=C(COC(=O)C(C)(C)O)C(C)C. The second-order valence-electron chi connectivity index (χ2n) is 5.70. The van der Waals surface area contributed by atoms with Crippen LogP contribution in [0.5, 0.6) is 0 Å². The van der Waals surface area contributed by atoms with E-state index in [1.807, 2.05) is 0 Å². The predicted octanol–water partition coefficient (Wildman–Crippen LogP) is 2.93. The molecule has 0 aromatic carbocycles. The summed E-state index contributed by atoms with van der Waals surface area (Å²) >= 11 is 0. The highest BCUT2D eigenvalue weighted by molar-refractivity contribution is 5.78. The minimum absolute atomic E-state index is 0.271. The fourth-order valence-corrected chi connectivity index (χ4v) is 1.17. The smallest absolute Gasteiger partial charge is 0.337 e. The van der Waals surface area contributed by atoms with E-state index in [0.29, 0.717) is 11.8 Å². The molecule has 0 bridgehead atoms. The monoisotopic (exact) mass is 242 g/mol. The van der Waals surface area contributed by atoms with Crippen LogP contribution in [-0.2, 0) is 9.53 Å². The number of rotatable bonds is 6. The molecule has 0 heterocycles. The molecule has 0 fully saturated rings. The number of hydrogen-bond donors (Lipinski definition) is 1. The third-order valence-electron chi connectivity index (χ3n) is 2.46. The van der Waals surface area contributed by atoms with Gasteiger partial charge in [0.2, 0.25) is 0 Å². The van der Waals surface area contributed by atoms with Crippen LogP contribution in [0.1, 0.15) is 48.0 Å². The lowest BCUT2D eigenvalue weighted by Crippen LogP contribution is -2.33. The molecule has 0 spiro atoms. The van der Waals surface area contributed by atoms with Gasteiger partial charge in [-0.2, -0.15) is 0 Å². The van der Waals surface area contributed by atoms with Crippen LogP contribution < -0.4 is 0 Å². The normalized spacial score (nSPS) is 13.4. The second kappa shape index (κ2) is 6.80. The van der Waals surface area contributed by atoms with Crippen molar-refractivity contribution in [3.05, 3.63) is 11.6 Å². The van der Waals surface area contributed by atoms with Crippen molar-refractivity contribution in [1.82, 2.24) is 0 Å². The molecule has 0 radical (unpaired) electrons. The largest absolute Gasteiger partial charge is 0.459 e. The zero-order valence-corrected chi connectivity index (χ0v) is 11.9. The minimum Gasteiger partial charge on any atom is -0.459 e. The molecule has 0 aromatic rings. The van der Waals surface area contributed by atoms with Crippen LogP contribution in [0.3, 0.4) is 0 Å². The van der Waals surface area contributed by atoms with E-state index in [1.165, 1.54) is 13.8 Å². The van der Waals surface area contributed by atoms with E-state index in [-0.39, 0.29) is 6.61 Å². The summed E-state index contributed by atoms with van der Waals surface area (Å²) in [5, 5.41) is 9.46. The Labute approximate surface area is 105 Å². The first-order chi connectivity index (χ1) is 7.64. The molecule has 0 unspecified atom stereocenters. The standard InChI is InChI=1S/C14H26O3/c1-10(2)7-8-12(11(3)4)9-17-13(15)14(5,6)16/h8,10-11,16H,7,9H2,1-6H3. The van der Waals surface area contributed by atoms with Crippen LogP contribution in [0.15, 0.2) is 11.6 Å². The molecule has 0 saturated carbocycles. The van der Waals surface area contributed by atoms with Crippen molar-refractivity contribution in [2.75, 3.05) is 6.61 Å². The van der Waals surface area contributed by atoms with Crippen LogP contribution in [0.4, 0.5) is 0 Å². The Morgan fingerprint density at radius 3 is 2.18 bits per heavy atom. The average Bonchev–Trinajstić information content (AvgIpc) is 2.14. The number of aliphatic hydroxyl groups is 1. The molecule has 3 heteroatoms. The molecule has 1 N–H and O–H groups in total. The maximum Gasteiger partial charge on any atom is 0.337 e. The van der Waals surface area contributed by atoms with Crippen LogP contribution in [0, 0.1) is 11.8 Å². The van der Waals surface area contributed by atoms with Gasteiger partial charge in [0.25, 0.3) is 0 Å². The lowest BCUT2D eigenvalue weighted by atomic mass is 10.00. The van der Waals surface area contributed by atoms with Gasteiger partial charge in [-0.25, -0.2) is 4.79 Å². The summed E-state index contributed by atoms with van der Waals surface area (Å²) in [6, 6.07) is 0. The van der Waals surface area contributed by atoms with Gasteiger partial charge in [0, 0.05) is 0 Å². The third kappa shape index (κ3) is 7.16. The summed E-state index contributed by atoms with van der Waals surface area (Å²) in [4.78, 5) is 11.4. The zero-order valence-electron chi connectivity index (χ0n) is 11.9. The van der Waals surface area contributed by atoms with Crippen LogP contribution in [-0.4, -0.2) is 23.3 Å². The van der Waals surface area contributed by atoms with Crippen LogP contribution >= 0.6 is 0 Å². The van der Waals surface area contributed by atoms with Crippen molar-refractivity contribution in [1.29, 1.82) is 0 Å². The van der Waals surface area contributed by atoms with E-state index >= 15 is 0 Å². The number of carbonyl (C=O) groups excluding carboxylic acids is 1. The molecule has 100 valence electrons. The lowest BCUT2D eigenvalue weighted by Gasteiger charge is -2.18. The van der Waals surface area contributed by atoms with Crippen molar-refractivity contribution >= 4 is 5.97 Å². The average molecular weight is 242 g/mol. The topological polar surface area (TPSA) is 46.5 Å². The maximum atomic E-state index is 11.4. The lowest BCUT2D eigenvalue weighted by molar-refractivity contribution is -0.160. The predicted molar refractivity (Wildman–Crippen MR) is 69.6 cm³/mol. The molecule has 0 aliphatic heterocycles. The van der Waals surface area contributed by atoms with Gasteiger partial charge in [0.1, 0.15) is 6.61 Å². The Kier molecular flexibility index (Phi) is 6.46. The molecular weight excluding hydrogens is 216 g/mol. The van der Waals surface area contributed by atoms with E-state index in [9.17, 15) is 9.90 Å². The van der Waals surface area contributed by atoms with Gasteiger partial charge < -0.3 is 9.84 Å². The van der Waals surface area contributed by atoms with Gasteiger partial charge in [-0.3, -0.25) is 0 Å². The number of hydrogen-bond acceptors (Lipinski definition) is 3. The Bertz CT molecular complexity index is 270. The van der Waals surface area contributed by atoms with Gasteiger partial charge in [-0.15, -0.1) is 0 Å². The molecule has 0 saturated heterocycles. The quantitative estimate of drug-likeness (QED) is 0.575.